The third-order valence-corrected chi connectivity index (χ3v) is 3.34. The first-order valence-electron chi connectivity index (χ1n) is 5.34. The first-order valence-corrected chi connectivity index (χ1v) is 5.75. The summed E-state index contributed by atoms with van der Waals surface area (Å²) in [4.78, 5) is 2.89. The predicted octanol–water partition coefficient (Wildman–Crippen LogP) is 2.94. The highest BCUT2D eigenvalue weighted by Gasteiger charge is 2.23. The van der Waals surface area contributed by atoms with E-state index in [9.17, 15) is 8.78 Å². The molecule has 1 aliphatic heterocycles. The Hall–Kier alpha value is -1.27. The number of nitrogens with one attached hydrogen (secondary N) is 1. The molecule has 1 N–H and O–H groups in total. The molecule has 0 radical (unpaired) electrons. The molecule has 0 saturated carbocycles. The second-order valence-corrected chi connectivity index (χ2v) is 4.46. The summed E-state index contributed by atoms with van der Waals surface area (Å²) >= 11 is 5.16. The Labute approximate surface area is 101 Å². The van der Waals surface area contributed by atoms with Crippen molar-refractivity contribution in [3.8, 4) is 0 Å². The molecule has 1 unspecified atom stereocenters. The highest BCUT2D eigenvalue weighted by Crippen LogP contribution is 2.27. The number of hydrogen-bond donors (Lipinski definition) is 1. The van der Waals surface area contributed by atoms with Gasteiger partial charge in [-0.15, -0.1) is 0 Å². The number of nitrogens with zero attached hydrogens (tertiary/aromatic N) is 1. The minimum absolute atomic E-state index is 0.0208. The zero-order chi connectivity index (χ0) is 12.0. The predicted molar refractivity (Wildman–Crippen MR) is 61.5 cm³/mol. The SMILES string of the molecule is Fc1ccc2[nH]c(=S)n(C3CCOC3)c2c1F. The van der Waals surface area contributed by atoms with Gasteiger partial charge in [0, 0.05) is 6.61 Å². The molecule has 1 atom stereocenters. The molecule has 3 rings (SSSR count). The van der Waals surface area contributed by atoms with Crippen molar-refractivity contribution in [2.45, 2.75) is 12.5 Å². The zero-order valence-corrected chi connectivity index (χ0v) is 9.69. The fourth-order valence-electron chi connectivity index (χ4n) is 2.23. The van der Waals surface area contributed by atoms with Crippen molar-refractivity contribution in [2.75, 3.05) is 13.2 Å². The van der Waals surface area contributed by atoms with Gasteiger partial charge in [-0.05, 0) is 30.8 Å². The minimum atomic E-state index is -0.862. The van der Waals surface area contributed by atoms with Crippen LogP contribution in [0, 0.1) is 16.4 Å². The van der Waals surface area contributed by atoms with Gasteiger partial charge in [-0.3, -0.25) is 0 Å². The third-order valence-electron chi connectivity index (χ3n) is 3.04. The van der Waals surface area contributed by atoms with Crippen molar-refractivity contribution in [1.29, 1.82) is 0 Å². The number of H-pyrrole nitrogens is 1. The summed E-state index contributed by atoms with van der Waals surface area (Å²) in [6.45, 7) is 1.10. The molecule has 2 aromatic rings. The summed E-state index contributed by atoms with van der Waals surface area (Å²) in [5.74, 6) is -1.72. The van der Waals surface area contributed by atoms with Crippen molar-refractivity contribution in [1.82, 2.24) is 9.55 Å². The maximum atomic E-state index is 13.8. The van der Waals surface area contributed by atoms with Crippen LogP contribution in [0.1, 0.15) is 12.5 Å². The molecular weight excluding hydrogens is 246 g/mol. The molecule has 0 spiro atoms. The first-order chi connectivity index (χ1) is 8.18. The molecular formula is C11H10F2N2OS. The number of hydrogen-bond acceptors (Lipinski definition) is 2. The third kappa shape index (κ3) is 1.59. The van der Waals surface area contributed by atoms with E-state index < -0.39 is 11.6 Å². The molecule has 0 aliphatic carbocycles. The van der Waals surface area contributed by atoms with Gasteiger partial charge in [0.1, 0.15) is 5.52 Å². The van der Waals surface area contributed by atoms with Gasteiger partial charge in [-0.1, -0.05) is 0 Å². The number of halogens is 2. The highest BCUT2D eigenvalue weighted by molar-refractivity contribution is 7.71. The second kappa shape index (κ2) is 3.89. The van der Waals surface area contributed by atoms with E-state index in [0.717, 1.165) is 12.5 Å². The second-order valence-electron chi connectivity index (χ2n) is 4.08. The topological polar surface area (TPSA) is 29.9 Å². The Balaban J connectivity index is 2.32. The van der Waals surface area contributed by atoms with Crippen LogP contribution in [0.25, 0.3) is 11.0 Å². The normalized spacial score (nSPS) is 20.2. The van der Waals surface area contributed by atoms with Crippen molar-refractivity contribution in [3.05, 3.63) is 28.5 Å². The maximum absolute atomic E-state index is 13.8. The van der Waals surface area contributed by atoms with E-state index in [0.29, 0.717) is 23.5 Å². The van der Waals surface area contributed by atoms with Crippen molar-refractivity contribution < 1.29 is 13.5 Å². The average Bonchev–Trinajstić information content (AvgIpc) is 2.90. The molecule has 6 heteroatoms. The summed E-state index contributed by atoms with van der Waals surface area (Å²) in [6, 6.07) is 2.57. The molecule has 1 aliphatic rings. The summed E-state index contributed by atoms with van der Waals surface area (Å²) in [5, 5.41) is 0. The molecule has 90 valence electrons. The van der Waals surface area contributed by atoms with Crippen LogP contribution in [0.5, 0.6) is 0 Å². The Morgan fingerprint density at radius 3 is 2.94 bits per heavy atom. The van der Waals surface area contributed by atoms with Crippen LogP contribution in [0.3, 0.4) is 0 Å². The van der Waals surface area contributed by atoms with Crippen LogP contribution in [0.4, 0.5) is 8.78 Å². The standard InChI is InChI=1S/C11H10F2N2OS/c12-7-1-2-8-10(9(7)13)15(11(17)14-8)6-3-4-16-5-6/h1-2,6H,3-5H2,(H,14,17). The molecule has 1 aromatic carbocycles. The van der Waals surface area contributed by atoms with Crippen molar-refractivity contribution in [2.24, 2.45) is 0 Å². The minimum Gasteiger partial charge on any atom is -0.379 e. The number of fused-ring (bicyclic) bond motifs is 1. The number of ether oxygens (including phenoxy) is 1. The molecule has 2 heterocycles. The maximum Gasteiger partial charge on any atom is 0.184 e. The van der Waals surface area contributed by atoms with Gasteiger partial charge in [0.05, 0.1) is 18.2 Å². The van der Waals surface area contributed by atoms with Crippen molar-refractivity contribution >= 4 is 23.3 Å². The quantitative estimate of drug-likeness (QED) is 0.795. The largest absolute Gasteiger partial charge is 0.379 e. The van der Waals surface area contributed by atoms with E-state index in [1.807, 2.05) is 0 Å². The summed E-state index contributed by atoms with van der Waals surface area (Å²) in [5.41, 5.74) is 0.714. The molecule has 17 heavy (non-hydrogen) atoms. The number of imidazole rings is 1. The van der Waals surface area contributed by atoms with E-state index in [4.69, 9.17) is 17.0 Å². The van der Waals surface area contributed by atoms with Crippen molar-refractivity contribution in [3.63, 3.8) is 0 Å². The Kier molecular flexibility index (Phi) is 2.48. The molecule has 1 aromatic heterocycles. The number of aromatic nitrogens is 2. The van der Waals surface area contributed by atoms with E-state index in [2.05, 4.69) is 4.98 Å². The molecule has 0 amide bonds. The fourth-order valence-corrected chi connectivity index (χ4v) is 2.58. The fraction of sp³-hybridized carbons (Fsp3) is 0.364. The monoisotopic (exact) mass is 256 g/mol. The van der Waals surface area contributed by atoms with Gasteiger partial charge in [0.2, 0.25) is 0 Å². The van der Waals surface area contributed by atoms with Crippen LogP contribution in [0.2, 0.25) is 0 Å². The van der Waals surface area contributed by atoms with E-state index in [1.165, 1.54) is 6.07 Å². The van der Waals surface area contributed by atoms with E-state index in [-0.39, 0.29) is 11.6 Å². The zero-order valence-electron chi connectivity index (χ0n) is 8.87. The van der Waals surface area contributed by atoms with Crippen LogP contribution in [0.15, 0.2) is 12.1 Å². The van der Waals surface area contributed by atoms with Gasteiger partial charge in [-0.25, -0.2) is 8.78 Å². The lowest BCUT2D eigenvalue weighted by Gasteiger charge is -2.11. The Morgan fingerprint density at radius 1 is 1.41 bits per heavy atom. The van der Waals surface area contributed by atoms with E-state index >= 15 is 0 Å². The summed E-state index contributed by atoms with van der Waals surface area (Å²) in [6.07, 6.45) is 0.761. The molecule has 1 fully saturated rings. The van der Waals surface area contributed by atoms with Gasteiger partial charge in [-0.2, -0.15) is 0 Å². The number of rotatable bonds is 1. The van der Waals surface area contributed by atoms with Crippen LogP contribution in [-0.4, -0.2) is 22.8 Å². The van der Waals surface area contributed by atoms with Crippen LogP contribution >= 0.6 is 12.2 Å². The molecule has 0 bridgehead atoms. The Morgan fingerprint density at radius 2 is 2.24 bits per heavy atom. The van der Waals surface area contributed by atoms with E-state index in [1.54, 1.807) is 4.57 Å². The first kappa shape index (κ1) is 10.9. The lowest BCUT2D eigenvalue weighted by Crippen LogP contribution is -2.09. The average molecular weight is 256 g/mol. The lowest BCUT2D eigenvalue weighted by molar-refractivity contribution is 0.187. The molecule has 1 saturated heterocycles. The smallest absolute Gasteiger partial charge is 0.184 e. The van der Waals surface area contributed by atoms with Crippen LogP contribution < -0.4 is 0 Å². The Bertz CT molecular complexity index is 628. The van der Waals surface area contributed by atoms with Gasteiger partial charge >= 0.3 is 0 Å². The molecule has 3 nitrogen and oxygen atoms in total. The number of benzene rings is 1. The highest BCUT2D eigenvalue weighted by atomic mass is 32.1. The number of aromatic amines is 1. The van der Waals surface area contributed by atoms with Gasteiger partial charge in [0.15, 0.2) is 16.4 Å². The van der Waals surface area contributed by atoms with Gasteiger partial charge in [0.25, 0.3) is 0 Å². The summed E-state index contributed by atoms with van der Waals surface area (Å²) < 4.78 is 34.4. The lowest BCUT2D eigenvalue weighted by atomic mass is 10.2. The van der Waals surface area contributed by atoms with Gasteiger partial charge < -0.3 is 14.3 Å². The van der Waals surface area contributed by atoms with Crippen LogP contribution in [-0.2, 0) is 4.74 Å². The summed E-state index contributed by atoms with van der Waals surface area (Å²) in [7, 11) is 0.